The number of hydrogen-bond donors (Lipinski definition) is 2. The van der Waals surface area contributed by atoms with E-state index >= 15 is 0 Å². The monoisotopic (exact) mass is 267 g/mol. The summed E-state index contributed by atoms with van der Waals surface area (Å²) >= 11 is 0. The van der Waals surface area contributed by atoms with Crippen LogP contribution in [0.3, 0.4) is 0 Å². The van der Waals surface area contributed by atoms with Crippen LogP contribution in [0.1, 0.15) is 24.5 Å². The highest BCUT2D eigenvalue weighted by Gasteiger charge is 2.42. The van der Waals surface area contributed by atoms with Crippen molar-refractivity contribution in [3.8, 4) is 11.3 Å². The Labute approximate surface area is 116 Å². The molecule has 0 radical (unpaired) electrons. The summed E-state index contributed by atoms with van der Waals surface area (Å²) in [6.07, 6.45) is 3.88. The van der Waals surface area contributed by atoms with E-state index in [-0.39, 0.29) is 5.54 Å². The standard InChI is InChI=1S/C15H17N5/c1-9-18-11-7-10(3-4-13(11)20(9)2)12-8-17-14(19-12)15(16)5-6-15/h3-4,7-8H,5-6,16H2,1-2H3,(H,17,19). The van der Waals surface area contributed by atoms with Gasteiger partial charge in [-0.05, 0) is 31.9 Å². The lowest BCUT2D eigenvalue weighted by atomic mass is 10.1. The van der Waals surface area contributed by atoms with Gasteiger partial charge in [0.15, 0.2) is 0 Å². The van der Waals surface area contributed by atoms with Crippen LogP contribution in [0, 0.1) is 6.92 Å². The zero-order valence-electron chi connectivity index (χ0n) is 11.6. The second-order valence-corrected chi connectivity index (χ2v) is 5.72. The fraction of sp³-hybridized carbons (Fsp3) is 0.333. The molecule has 102 valence electrons. The molecule has 20 heavy (non-hydrogen) atoms. The number of nitrogens with two attached hydrogens (primary N) is 1. The van der Waals surface area contributed by atoms with E-state index in [1.165, 1.54) is 0 Å². The van der Waals surface area contributed by atoms with E-state index in [9.17, 15) is 0 Å². The van der Waals surface area contributed by atoms with Gasteiger partial charge >= 0.3 is 0 Å². The Hall–Kier alpha value is -2.14. The summed E-state index contributed by atoms with van der Waals surface area (Å²) in [5, 5.41) is 0. The number of benzene rings is 1. The van der Waals surface area contributed by atoms with Crippen molar-refractivity contribution >= 4 is 11.0 Å². The predicted molar refractivity (Wildman–Crippen MR) is 78.1 cm³/mol. The molecular weight excluding hydrogens is 250 g/mol. The summed E-state index contributed by atoms with van der Waals surface area (Å²) < 4.78 is 2.09. The van der Waals surface area contributed by atoms with E-state index in [1.54, 1.807) is 0 Å². The first-order chi connectivity index (χ1) is 9.57. The van der Waals surface area contributed by atoms with Crippen LogP contribution in [0.2, 0.25) is 0 Å². The highest BCUT2D eigenvalue weighted by Crippen LogP contribution is 2.41. The van der Waals surface area contributed by atoms with Crippen LogP contribution in [0.4, 0.5) is 0 Å². The SMILES string of the molecule is Cc1nc2cc(-c3cnc(C4(N)CC4)[nH]3)ccc2n1C. The molecule has 2 heterocycles. The molecular formula is C15H17N5. The van der Waals surface area contributed by atoms with Crippen molar-refractivity contribution in [1.82, 2.24) is 19.5 Å². The molecule has 0 aliphatic heterocycles. The van der Waals surface area contributed by atoms with E-state index in [4.69, 9.17) is 5.73 Å². The smallest absolute Gasteiger partial charge is 0.126 e. The van der Waals surface area contributed by atoms with Gasteiger partial charge in [0, 0.05) is 12.6 Å². The van der Waals surface area contributed by atoms with Crippen LogP contribution in [-0.2, 0) is 12.6 Å². The number of nitrogens with one attached hydrogen (secondary N) is 1. The normalized spacial score (nSPS) is 16.8. The zero-order chi connectivity index (χ0) is 13.9. The van der Waals surface area contributed by atoms with Gasteiger partial charge in [0.25, 0.3) is 0 Å². The Morgan fingerprint density at radius 1 is 1.35 bits per heavy atom. The van der Waals surface area contributed by atoms with Crippen molar-refractivity contribution < 1.29 is 0 Å². The maximum atomic E-state index is 6.16. The van der Waals surface area contributed by atoms with Gasteiger partial charge in [-0.15, -0.1) is 0 Å². The first-order valence-electron chi connectivity index (χ1n) is 6.85. The molecule has 1 aromatic carbocycles. The Balaban J connectivity index is 1.80. The Morgan fingerprint density at radius 3 is 2.90 bits per heavy atom. The number of fused-ring (bicyclic) bond motifs is 1. The van der Waals surface area contributed by atoms with E-state index in [1.807, 2.05) is 20.2 Å². The largest absolute Gasteiger partial charge is 0.340 e. The summed E-state index contributed by atoms with van der Waals surface area (Å²) in [4.78, 5) is 12.3. The van der Waals surface area contributed by atoms with Gasteiger partial charge < -0.3 is 15.3 Å². The number of H-pyrrole nitrogens is 1. The molecule has 0 bridgehead atoms. The number of aromatic nitrogens is 4. The van der Waals surface area contributed by atoms with Gasteiger partial charge in [0.1, 0.15) is 11.6 Å². The molecule has 3 aromatic rings. The Kier molecular flexibility index (Phi) is 2.16. The van der Waals surface area contributed by atoms with Crippen LogP contribution in [0.15, 0.2) is 24.4 Å². The molecule has 1 aliphatic carbocycles. The fourth-order valence-electron chi connectivity index (χ4n) is 2.58. The van der Waals surface area contributed by atoms with Gasteiger partial charge in [-0.2, -0.15) is 0 Å². The van der Waals surface area contributed by atoms with Crippen molar-refractivity contribution in [3.63, 3.8) is 0 Å². The summed E-state index contributed by atoms with van der Waals surface area (Å²) in [7, 11) is 2.03. The second kappa shape index (κ2) is 3.70. The predicted octanol–water partition coefficient (Wildman–Crippen LogP) is 2.22. The van der Waals surface area contributed by atoms with E-state index in [0.29, 0.717) is 0 Å². The van der Waals surface area contributed by atoms with Crippen molar-refractivity contribution in [1.29, 1.82) is 0 Å². The van der Waals surface area contributed by atoms with Crippen LogP contribution in [-0.4, -0.2) is 19.5 Å². The minimum Gasteiger partial charge on any atom is -0.340 e. The highest BCUT2D eigenvalue weighted by atomic mass is 15.1. The summed E-state index contributed by atoms with van der Waals surface area (Å²) in [5.74, 6) is 1.91. The second-order valence-electron chi connectivity index (χ2n) is 5.72. The molecule has 1 aliphatic rings. The zero-order valence-corrected chi connectivity index (χ0v) is 11.6. The summed E-state index contributed by atoms with van der Waals surface area (Å²) in [6.45, 7) is 2.01. The van der Waals surface area contributed by atoms with Crippen molar-refractivity contribution in [2.45, 2.75) is 25.3 Å². The van der Waals surface area contributed by atoms with Gasteiger partial charge in [-0.1, -0.05) is 6.07 Å². The highest BCUT2D eigenvalue weighted by molar-refractivity contribution is 5.81. The average molecular weight is 267 g/mol. The first-order valence-corrected chi connectivity index (χ1v) is 6.85. The topological polar surface area (TPSA) is 72.5 Å². The molecule has 3 N–H and O–H groups in total. The van der Waals surface area contributed by atoms with Gasteiger partial charge in [0.2, 0.25) is 0 Å². The number of imidazole rings is 2. The average Bonchev–Trinajstić information content (AvgIpc) is 2.89. The lowest BCUT2D eigenvalue weighted by molar-refractivity contribution is 0.685. The number of nitrogens with zero attached hydrogens (tertiary/aromatic N) is 3. The molecule has 0 amide bonds. The van der Waals surface area contributed by atoms with Gasteiger partial charge in [-0.3, -0.25) is 0 Å². The van der Waals surface area contributed by atoms with E-state index < -0.39 is 0 Å². The molecule has 0 spiro atoms. The number of aromatic amines is 1. The summed E-state index contributed by atoms with van der Waals surface area (Å²) in [6, 6.07) is 6.28. The Morgan fingerprint density at radius 2 is 2.15 bits per heavy atom. The Bertz CT molecular complexity index is 807. The quantitative estimate of drug-likeness (QED) is 0.747. The third kappa shape index (κ3) is 1.59. The number of rotatable bonds is 2. The summed E-state index contributed by atoms with van der Waals surface area (Å²) in [5.41, 5.74) is 10.2. The molecule has 5 heteroatoms. The fourth-order valence-corrected chi connectivity index (χ4v) is 2.58. The molecule has 1 fully saturated rings. The molecule has 0 saturated heterocycles. The van der Waals surface area contributed by atoms with Crippen molar-refractivity contribution in [2.24, 2.45) is 12.8 Å². The van der Waals surface area contributed by atoms with E-state index in [0.717, 1.165) is 46.8 Å². The van der Waals surface area contributed by atoms with Crippen LogP contribution >= 0.6 is 0 Å². The minimum absolute atomic E-state index is 0.218. The molecule has 0 unspecified atom stereocenters. The van der Waals surface area contributed by atoms with Crippen LogP contribution < -0.4 is 5.73 Å². The maximum absolute atomic E-state index is 6.16. The minimum atomic E-state index is -0.218. The number of hydrogen-bond acceptors (Lipinski definition) is 3. The van der Waals surface area contributed by atoms with Crippen LogP contribution in [0.5, 0.6) is 0 Å². The molecule has 5 nitrogen and oxygen atoms in total. The van der Waals surface area contributed by atoms with E-state index in [2.05, 4.69) is 37.7 Å². The van der Waals surface area contributed by atoms with Gasteiger partial charge in [0.05, 0.1) is 28.5 Å². The third-order valence-electron chi connectivity index (χ3n) is 4.25. The van der Waals surface area contributed by atoms with Crippen molar-refractivity contribution in [2.75, 3.05) is 0 Å². The molecule has 1 saturated carbocycles. The lowest BCUT2D eigenvalue weighted by Gasteiger charge is -2.03. The first kappa shape index (κ1) is 11.7. The third-order valence-corrected chi connectivity index (χ3v) is 4.25. The maximum Gasteiger partial charge on any atom is 0.126 e. The molecule has 2 aromatic heterocycles. The lowest BCUT2D eigenvalue weighted by Crippen LogP contribution is -2.20. The molecule has 0 atom stereocenters. The molecule has 4 rings (SSSR count). The van der Waals surface area contributed by atoms with Gasteiger partial charge in [-0.25, -0.2) is 9.97 Å². The van der Waals surface area contributed by atoms with Crippen LogP contribution in [0.25, 0.3) is 22.3 Å². The van der Waals surface area contributed by atoms with Crippen molar-refractivity contribution in [3.05, 3.63) is 36.0 Å². The number of aryl methyl sites for hydroxylation is 2.